The van der Waals surface area contributed by atoms with Crippen LogP contribution in [0.3, 0.4) is 0 Å². The molecule has 0 spiro atoms. The Morgan fingerprint density at radius 1 is 1.33 bits per heavy atom. The molecule has 1 atom stereocenters. The van der Waals surface area contributed by atoms with Gasteiger partial charge in [0.25, 0.3) is 5.91 Å². The molecule has 21 heavy (non-hydrogen) atoms. The highest BCUT2D eigenvalue weighted by atomic mass is 35.5. The minimum absolute atomic E-state index is 0.0529. The van der Waals surface area contributed by atoms with Crippen molar-refractivity contribution in [3.05, 3.63) is 50.7 Å². The normalized spacial score (nSPS) is 12.0. The van der Waals surface area contributed by atoms with Gasteiger partial charge < -0.3 is 10.6 Å². The number of thiophene rings is 1. The van der Waals surface area contributed by atoms with E-state index in [1.54, 1.807) is 0 Å². The molecule has 112 valence electrons. The van der Waals surface area contributed by atoms with Gasteiger partial charge in [-0.1, -0.05) is 11.6 Å². The quantitative estimate of drug-likeness (QED) is 0.842. The zero-order chi connectivity index (χ0) is 15.4. The number of hydrogen-bond donors (Lipinski definition) is 2. The van der Waals surface area contributed by atoms with E-state index in [9.17, 15) is 4.79 Å². The van der Waals surface area contributed by atoms with Gasteiger partial charge in [0.05, 0.1) is 10.4 Å². The van der Waals surface area contributed by atoms with Crippen molar-refractivity contribution in [2.45, 2.75) is 26.8 Å². The second-order valence-electron chi connectivity index (χ2n) is 4.90. The van der Waals surface area contributed by atoms with Crippen LogP contribution in [-0.2, 0) is 0 Å². The predicted molar refractivity (Wildman–Crippen MR) is 90.6 cm³/mol. The third-order valence-corrected chi connectivity index (χ3v) is 4.63. The summed E-state index contributed by atoms with van der Waals surface area (Å²) in [4.78, 5) is 13.4. The number of nitrogens with one attached hydrogen (secondary N) is 2. The summed E-state index contributed by atoms with van der Waals surface area (Å²) in [6, 6.07) is 9.52. The summed E-state index contributed by atoms with van der Waals surface area (Å²) >= 11 is 7.42. The molecule has 5 heteroatoms. The summed E-state index contributed by atoms with van der Waals surface area (Å²) in [5, 5.41) is 6.25. The molecule has 1 heterocycles. The van der Waals surface area contributed by atoms with E-state index in [1.807, 2.05) is 51.1 Å². The molecule has 1 aromatic heterocycles. The zero-order valence-corrected chi connectivity index (χ0v) is 13.9. The van der Waals surface area contributed by atoms with Crippen LogP contribution in [0.5, 0.6) is 0 Å². The molecule has 0 saturated heterocycles. The molecule has 3 nitrogen and oxygen atoms in total. The molecule has 2 rings (SSSR count). The van der Waals surface area contributed by atoms with Crippen LogP contribution < -0.4 is 10.6 Å². The number of amides is 1. The smallest absolute Gasteiger partial charge is 0.252 e. The van der Waals surface area contributed by atoms with Crippen molar-refractivity contribution in [3.8, 4) is 0 Å². The molecule has 2 aromatic rings. The first-order valence-electron chi connectivity index (χ1n) is 6.92. The van der Waals surface area contributed by atoms with Crippen LogP contribution >= 0.6 is 22.9 Å². The molecule has 0 radical (unpaired) electrons. The second-order valence-corrected chi connectivity index (χ2v) is 6.64. The monoisotopic (exact) mass is 322 g/mol. The highest BCUT2D eigenvalue weighted by Crippen LogP contribution is 2.27. The summed E-state index contributed by atoms with van der Waals surface area (Å²) in [6.07, 6.45) is 0. The van der Waals surface area contributed by atoms with E-state index in [1.165, 1.54) is 11.3 Å². The average Bonchev–Trinajstić information content (AvgIpc) is 2.86. The largest absolute Gasteiger partial charge is 0.385 e. The molecule has 1 amide bonds. The van der Waals surface area contributed by atoms with E-state index in [0.29, 0.717) is 5.56 Å². The first kappa shape index (κ1) is 15.9. The summed E-state index contributed by atoms with van der Waals surface area (Å²) in [5.74, 6) is -0.0624. The van der Waals surface area contributed by atoms with Gasteiger partial charge >= 0.3 is 0 Å². The van der Waals surface area contributed by atoms with E-state index in [2.05, 4.69) is 10.6 Å². The number of hydrogen-bond acceptors (Lipinski definition) is 3. The van der Waals surface area contributed by atoms with Crippen LogP contribution in [0.25, 0.3) is 0 Å². The zero-order valence-electron chi connectivity index (χ0n) is 12.4. The van der Waals surface area contributed by atoms with Crippen molar-refractivity contribution in [2.24, 2.45) is 0 Å². The minimum atomic E-state index is -0.0624. The lowest BCUT2D eigenvalue weighted by atomic mass is 10.1. The Bertz CT molecular complexity index is 639. The Kier molecular flexibility index (Phi) is 5.26. The third kappa shape index (κ3) is 3.99. The van der Waals surface area contributed by atoms with E-state index in [4.69, 9.17) is 11.6 Å². The average molecular weight is 323 g/mol. The van der Waals surface area contributed by atoms with Gasteiger partial charge in [-0.2, -0.15) is 0 Å². The van der Waals surface area contributed by atoms with Crippen LogP contribution in [0.1, 0.15) is 40.7 Å². The number of aryl methyl sites for hydroxylation is 1. The van der Waals surface area contributed by atoms with Gasteiger partial charge in [-0.25, -0.2) is 0 Å². The van der Waals surface area contributed by atoms with Gasteiger partial charge in [0.15, 0.2) is 0 Å². The van der Waals surface area contributed by atoms with Gasteiger partial charge in [-0.15, -0.1) is 11.3 Å². The molecule has 0 aliphatic carbocycles. The van der Waals surface area contributed by atoms with Crippen LogP contribution in [0, 0.1) is 6.92 Å². The summed E-state index contributed by atoms with van der Waals surface area (Å²) in [7, 11) is 0. The van der Waals surface area contributed by atoms with Crippen molar-refractivity contribution < 1.29 is 4.79 Å². The molecule has 0 bridgehead atoms. The Labute approximate surface area is 134 Å². The SMILES string of the molecule is CCNc1ccc(C(=O)NC(C)c2ccc(Cl)s2)c(C)c1. The maximum atomic E-state index is 12.4. The van der Waals surface area contributed by atoms with Crippen LogP contribution in [0.15, 0.2) is 30.3 Å². The van der Waals surface area contributed by atoms with E-state index >= 15 is 0 Å². The Hall–Kier alpha value is -1.52. The number of halogens is 1. The fraction of sp³-hybridized carbons (Fsp3) is 0.312. The molecular formula is C16H19ClN2OS. The van der Waals surface area contributed by atoms with E-state index in [0.717, 1.165) is 27.0 Å². The summed E-state index contributed by atoms with van der Waals surface area (Å²) < 4.78 is 0.734. The van der Waals surface area contributed by atoms with Gasteiger partial charge in [0.2, 0.25) is 0 Å². The van der Waals surface area contributed by atoms with E-state index < -0.39 is 0 Å². The molecule has 0 aliphatic rings. The van der Waals surface area contributed by atoms with Gasteiger partial charge in [-0.05, 0) is 56.7 Å². The predicted octanol–water partition coefficient (Wildman–Crippen LogP) is 4.63. The number of anilines is 1. The van der Waals surface area contributed by atoms with Crippen molar-refractivity contribution >= 4 is 34.5 Å². The van der Waals surface area contributed by atoms with Gasteiger partial charge in [-0.3, -0.25) is 4.79 Å². The maximum Gasteiger partial charge on any atom is 0.252 e. The number of carbonyl (C=O) groups excluding carboxylic acids is 1. The van der Waals surface area contributed by atoms with Crippen LogP contribution in [0.2, 0.25) is 4.34 Å². The first-order chi connectivity index (χ1) is 10.0. The van der Waals surface area contributed by atoms with E-state index in [-0.39, 0.29) is 11.9 Å². The topological polar surface area (TPSA) is 41.1 Å². The highest BCUT2D eigenvalue weighted by Gasteiger charge is 2.15. The molecule has 1 aromatic carbocycles. The minimum Gasteiger partial charge on any atom is -0.385 e. The number of benzene rings is 1. The lowest BCUT2D eigenvalue weighted by Crippen LogP contribution is -2.26. The lowest BCUT2D eigenvalue weighted by Gasteiger charge is -2.14. The second kappa shape index (κ2) is 6.96. The summed E-state index contributed by atoms with van der Waals surface area (Å²) in [6.45, 7) is 6.82. The highest BCUT2D eigenvalue weighted by molar-refractivity contribution is 7.16. The molecule has 0 saturated carbocycles. The maximum absolute atomic E-state index is 12.4. The summed E-state index contributed by atoms with van der Waals surface area (Å²) in [5.41, 5.74) is 2.69. The third-order valence-electron chi connectivity index (χ3n) is 3.22. The van der Waals surface area contributed by atoms with Gasteiger partial charge in [0, 0.05) is 22.7 Å². The van der Waals surface area contributed by atoms with Crippen molar-refractivity contribution in [1.29, 1.82) is 0 Å². The Morgan fingerprint density at radius 3 is 2.67 bits per heavy atom. The molecule has 1 unspecified atom stereocenters. The molecular weight excluding hydrogens is 304 g/mol. The first-order valence-corrected chi connectivity index (χ1v) is 8.11. The van der Waals surface area contributed by atoms with Crippen molar-refractivity contribution in [2.75, 3.05) is 11.9 Å². The number of rotatable bonds is 5. The number of carbonyl (C=O) groups is 1. The van der Waals surface area contributed by atoms with Gasteiger partial charge in [0.1, 0.15) is 0 Å². The Morgan fingerprint density at radius 2 is 2.10 bits per heavy atom. The fourth-order valence-electron chi connectivity index (χ4n) is 2.14. The van der Waals surface area contributed by atoms with Crippen LogP contribution in [-0.4, -0.2) is 12.5 Å². The fourth-order valence-corrected chi connectivity index (χ4v) is 3.20. The molecule has 0 fully saturated rings. The standard InChI is InChI=1S/C16H19ClN2OS/c1-4-18-12-5-6-13(10(2)9-12)16(20)19-11(3)14-7-8-15(17)21-14/h5-9,11,18H,4H2,1-3H3,(H,19,20). The van der Waals surface area contributed by atoms with Crippen LogP contribution in [0.4, 0.5) is 5.69 Å². The van der Waals surface area contributed by atoms with Crippen molar-refractivity contribution in [3.63, 3.8) is 0 Å². The lowest BCUT2D eigenvalue weighted by molar-refractivity contribution is 0.0940. The Balaban J connectivity index is 2.09. The molecule has 0 aliphatic heterocycles. The van der Waals surface area contributed by atoms with Crippen molar-refractivity contribution in [1.82, 2.24) is 5.32 Å². The molecule has 2 N–H and O–H groups in total.